The van der Waals surface area contributed by atoms with Crippen LogP contribution in [0.15, 0.2) is 42.5 Å². The minimum absolute atomic E-state index is 0.131. The van der Waals surface area contributed by atoms with E-state index in [1.807, 2.05) is 0 Å². The van der Waals surface area contributed by atoms with Crippen LogP contribution in [0, 0.1) is 0 Å². The lowest BCUT2D eigenvalue weighted by atomic mass is 9.50. The quantitative estimate of drug-likeness (QED) is 0.436. The summed E-state index contributed by atoms with van der Waals surface area (Å²) >= 11 is 5.74. The Morgan fingerprint density at radius 3 is 2.49 bits per heavy atom. The van der Waals surface area contributed by atoms with Crippen molar-refractivity contribution in [2.24, 2.45) is 0 Å². The molecule has 13 heteroatoms. The number of piperidine rings is 1. The van der Waals surface area contributed by atoms with Crippen LogP contribution in [0.4, 0.5) is 8.78 Å². The first-order valence-electron chi connectivity index (χ1n) is 11.0. The van der Waals surface area contributed by atoms with Gasteiger partial charge in [-0.3, -0.25) is 24.5 Å². The van der Waals surface area contributed by atoms with E-state index in [0.29, 0.717) is 16.7 Å². The van der Waals surface area contributed by atoms with Gasteiger partial charge in [0.15, 0.2) is 0 Å². The predicted octanol–water partition coefficient (Wildman–Crippen LogP) is -0.367. The van der Waals surface area contributed by atoms with Gasteiger partial charge in [0.1, 0.15) is 29.6 Å². The van der Waals surface area contributed by atoms with Crippen LogP contribution in [-0.2, 0) is 26.9 Å². The minimum Gasteiger partial charge on any atom is -0.352 e. The Labute approximate surface area is 208 Å². The van der Waals surface area contributed by atoms with Gasteiger partial charge < -0.3 is 10.2 Å². The van der Waals surface area contributed by atoms with Gasteiger partial charge in [-0.1, -0.05) is 35.9 Å². The van der Waals surface area contributed by atoms with Crippen LogP contribution in [0.2, 0.25) is 10.2 Å². The van der Waals surface area contributed by atoms with E-state index in [1.165, 1.54) is 17.0 Å². The number of carbonyl (C=O) groups is 4. The molecule has 4 amide bonds. The van der Waals surface area contributed by atoms with Gasteiger partial charge in [0.2, 0.25) is 11.8 Å². The van der Waals surface area contributed by atoms with E-state index >= 15 is 0 Å². The number of imide groups is 1. The van der Waals surface area contributed by atoms with Crippen LogP contribution in [0.3, 0.4) is 0 Å². The average molecular weight is 497 g/mol. The second-order valence-electron chi connectivity index (χ2n) is 9.55. The molecule has 2 aromatic carbocycles. The molecule has 4 rings (SSSR count). The summed E-state index contributed by atoms with van der Waals surface area (Å²) in [5, 5.41) is 4.12. The van der Waals surface area contributed by atoms with Gasteiger partial charge in [-0.05, 0) is 41.0 Å². The number of hydrogen-bond acceptors (Lipinski definition) is 4. The van der Waals surface area contributed by atoms with Crippen molar-refractivity contribution >= 4 is 58.8 Å². The van der Waals surface area contributed by atoms with E-state index in [-0.39, 0.29) is 29.8 Å². The highest BCUT2D eigenvalue weighted by molar-refractivity contribution is 6.52. The summed E-state index contributed by atoms with van der Waals surface area (Å²) < 4.78 is 29.3. The van der Waals surface area contributed by atoms with Gasteiger partial charge in [-0.2, -0.15) is 8.78 Å². The zero-order chi connectivity index (χ0) is 25.7. The highest BCUT2D eigenvalue weighted by atomic mass is 35.5. The maximum absolute atomic E-state index is 14.6. The number of carbonyl (C=O) groups excluding carboxylic acids is 4. The molecule has 0 spiro atoms. The molecule has 0 aliphatic carbocycles. The summed E-state index contributed by atoms with van der Waals surface area (Å²) in [6.07, 6.45) is 0.191. The Balaban J connectivity index is 1.50. The van der Waals surface area contributed by atoms with Gasteiger partial charge in [-0.25, -0.2) is 0 Å². The van der Waals surface area contributed by atoms with Crippen molar-refractivity contribution in [1.82, 2.24) is 15.5 Å². The summed E-state index contributed by atoms with van der Waals surface area (Å²) in [5.74, 6) is -7.25. The van der Waals surface area contributed by atoms with Crippen molar-refractivity contribution in [3.8, 4) is 0 Å². The molecule has 1 fully saturated rings. The van der Waals surface area contributed by atoms with Crippen molar-refractivity contribution in [2.75, 3.05) is 0 Å². The fourth-order valence-corrected chi connectivity index (χ4v) is 4.46. The van der Waals surface area contributed by atoms with Gasteiger partial charge >= 0.3 is 5.92 Å². The molecule has 178 valence electrons. The number of nitrogens with zero attached hydrogens (tertiary/aromatic N) is 1. The third-order valence-electron chi connectivity index (χ3n) is 6.53. The van der Waals surface area contributed by atoms with E-state index in [4.69, 9.17) is 11.6 Å². The SMILES string of the molecule is BC(NC(=O)C(F)(F)c1ccc(Cl)cc1)c1ccc2c(c1)CN(C1CC(B)(B)C(=O)NC1=O)C2=O. The summed E-state index contributed by atoms with van der Waals surface area (Å²) in [4.78, 5) is 51.3. The number of rotatable bonds is 5. The highest BCUT2D eigenvalue weighted by Gasteiger charge is 2.46. The second kappa shape index (κ2) is 8.82. The van der Waals surface area contributed by atoms with Crippen LogP contribution in [0.25, 0.3) is 0 Å². The maximum atomic E-state index is 14.6. The molecule has 2 heterocycles. The molecule has 2 N–H and O–H groups in total. The molecule has 0 saturated carbocycles. The average Bonchev–Trinajstić information content (AvgIpc) is 3.12. The fraction of sp³-hybridized carbons (Fsp3) is 0.273. The van der Waals surface area contributed by atoms with Gasteiger partial charge in [0.25, 0.3) is 11.8 Å². The molecule has 2 aliphatic rings. The number of alkyl halides is 2. The molecule has 2 aromatic rings. The number of fused-ring (bicyclic) bond motifs is 1. The number of benzene rings is 2. The van der Waals surface area contributed by atoms with Gasteiger partial charge in [0.05, 0.1) is 0 Å². The van der Waals surface area contributed by atoms with Crippen molar-refractivity contribution < 1.29 is 28.0 Å². The zero-order valence-electron chi connectivity index (χ0n) is 19.3. The molecule has 2 unspecified atom stereocenters. The van der Waals surface area contributed by atoms with Crippen molar-refractivity contribution in [1.29, 1.82) is 0 Å². The number of nitrogens with one attached hydrogen (secondary N) is 2. The summed E-state index contributed by atoms with van der Waals surface area (Å²) in [7, 11) is 4.98. The fourth-order valence-electron chi connectivity index (χ4n) is 4.33. The van der Waals surface area contributed by atoms with Crippen molar-refractivity contribution in [2.45, 2.75) is 36.1 Å². The van der Waals surface area contributed by atoms with Crippen molar-refractivity contribution in [3.05, 3.63) is 69.7 Å². The summed E-state index contributed by atoms with van der Waals surface area (Å²) in [5.41, 5.74) is 1.05. The zero-order valence-corrected chi connectivity index (χ0v) is 20.1. The Hall–Kier alpha value is -3.14. The molecule has 7 nitrogen and oxygen atoms in total. The van der Waals surface area contributed by atoms with Crippen LogP contribution in [0.5, 0.6) is 0 Å². The van der Waals surface area contributed by atoms with Crippen molar-refractivity contribution in [3.63, 3.8) is 0 Å². The van der Waals surface area contributed by atoms with Crippen LogP contribution < -0.4 is 10.6 Å². The molecule has 2 atom stereocenters. The topological polar surface area (TPSA) is 95.6 Å². The lowest BCUT2D eigenvalue weighted by molar-refractivity contribution is -0.147. The van der Waals surface area contributed by atoms with E-state index < -0.39 is 40.5 Å². The largest absolute Gasteiger partial charge is 0.352 e. The van der Waals surface area contributed by atoms with E-state index in [1.54, 1.807) is 41.7 Å². The number of amides is 4. The third-order valence-corrected chi connectivity index (χ3v) is 6.79. The molecule has 0 aromatic heterocycles. The van der Waals surface area contributed by atoms with Crippen LogP contribution in [0.1, 0.15) is 39.4 Å². The molecule has 35 heavy (non-hydrogen) atoms. The van der Waals surface area contributed by atoms with E-state index in [2.05, 4.69) is 10.6 Å². The number of hydrogen-bond donors (Lipinski definition) is 2. The standard InChI is InChI=1S/C22H21B3ClF2N3O4/c23-16(29-20(35)22(27,28)12-2-4-13(26)5-3-12)10-1-6-14-11(7-10)9-31(18(14)33)15-8-21(24,25)19(34)30-17(15)32/h1-7,15-16H,8-9,23-25H2,(H,29,35)(H,30,32,34). The third kappa shape index (κ3) is 4.59. The molecular weight excluding hydrogens is 476 g/mol. The summed E-state index contributed by atoms with van der Waals surface area (Å²) in [6, 6.07) is 8.76. The predicted molar refractivity (Wildman–Crippen MR) is 132 cm³/mol. The summed E-state index contributed by atoms with van der Waals surface area (Å²) in [6.45, 7) is 0.131. The normalized spacial score (nSPS) is 20.3. The van der Waals surface area contributed by atoms with Crippen LogP contribution in [-0.4, -0.2) is 58.1 Å². The lowest BCUT2D eigenvalue weighted by Gasteiger charge is -2.37. The Kier molecular flexibility index (Phi) is 6.29. The van der Waals surface area contributed by atoms with E-state index in [0.717, 1.165) is 12.1 Å². The highest BCUT2D eigenvalue weighted by Crippen LogP contribution is 2.35. The monoisotopic (exact) mass is 497 g/mol. The Morgan fingerprint density at radius 1 is 1.17 bits per heavy atom. The first-order valence-corrected chi connectivity index (χ1v) is 11.4. The Bertz CT molecular complexity index is 1240. The first kappa shape index (κ1) is 25.0. The molecule has 1 saturated heterocycles. The first-order chi connectivity index (χ1) is 16.3. The lowest BCUT2D eigenvalue weighted by Crippen LogP contribution is -2.58. The Morgan fingerprint density at radius 2 is 1.83 bits per heavy atom. The molecule has 0 radical (unpaired) electrons. The molecule has 0 bridgehead atoms. The molecular formula is C22H21B3ClF2N3O4. The van der Waals surface area contributed by atoms with Gasteiger partial charge in [0, 0.05) is 28.6 Å². The van der Waals surface area contributed by atoms with Crippen LogP contribution >= 0.6 is 11.6 Å². The van der Waals surface area contributed by atoms with E-state index in [9.17, 15) is 28.0 Å². The minimum atomic E-state index is -3.76. The molecule has 2 aliphatic heterocycles. The number of halogens is 3. The smallest absolute Gasteiger partial charge is 0.349 e. The van der Waals surface area contributed by atoms with Gasteiger partial charge in [-0.15, -0.1) is 0 Å². The second-order valence-corrected chi connectivity index (χ2v) is 9.98. The maximum Gasteiger partial charge on any atom is 0.349 e.